The summed E-state index contributed by atoms with van der Waals surface area (Å²) in [5.74, 6) is -0.792. The van der Waals surface area contributed by atoms with Crippen LogP contribution in [-0.4, -0.2) is 32.1 Å². The van der Waals surface area contributed by atoms with Gasteiger partial charge in [0.05, 0.1) is 19.8 Å². The molecular formula is C18H16BrFO5. The van der Waals surface area contributed by atoms with E-state index >= 15 is 0 Å². The van der Waals surface area contributed by atoms with Crippen LogP contribution in [0.5, 0.6) is 11.5 Å². The number of carbonyl (C=O) groups is 2. The number of esters is 1. The van der Waals surface area contributed by atoms with Crippen molar-refractivity contribution in [1.29, 1.82) is 0 Å². The van der Waals surface area contributed by atoms with Crippen molar-refractivity contribution in [3.63, 3.8) is 0 Å². The molecule has 0 amide bonds. The van der Waals surface area contributed by atoms with Crippen molar-refractivity contribution >= 4 is 27.7 Å². The van der Waals surface area contributed by atoms with Crippen LogP contribution in [0.15, 0.2) is 40.9 Å². The van der Waals surface area contributed by atoms with Gasteiger partial charge in [-0.1, -0.05) is 0 Å². The normalized spacial score (nSPS) is 11.6. The van der Waals surface area contributed by atoms with Crippen molar-refractivity contribution in [3.8, 4) is 11.5 Å². The summed E-state index contributed by atoms with van der Waals surface area (Å²) in [6, 6.07) is 7.98. The average molecular weight is 411 g/mol. The van der Waals surface area contributed by atoms with Gasteiger partial charge < -0.3 is 14.2 Å². The molecule has 0 unspecified atom stereocenters. The van der Waals surface area contributed by atoms with E-state index in [1.54, 1.807) is 0 Å². The Morgan fingerprint density at radius 1 is 1.00 bits per heavy atom. The lowest BCUT2D eigenvalue weighted by Crippen LogP contribution is -2.24. The van der Waals surface area contributed by atoms with Crippen LogP contribution in [0.4, 0.5) is 4.39 Å². The molecular weight excluding hydrogens is 395 g/mol. The summed E-state index contributed by atoms with van der Waals surface area (Å²) in [6.45, 7) is 1.46. The van der Waals surface area contributed by atoms with E-state index in [0.717, 1.165) is 0 Å². The number of methoxy groups -OCH3 is 2. The average Bonchev–Trinajstić information content (AvgIpc) is 2.61. The molecule has 0 aliphatic carbocycles. The van der Waals surface area contributed by atoms with Crippen LogP contribution in [0.2, 0.25) is 0 Å². The predicted molar refractivity (Wildman–Crippen MR) is 92.9 cm³/mol. The van der Waals surface area contributed by atoms with Gasteiger partial charge in [-0.15, -0.1) is 0 Å². The number of rotatable bonds is 6. The van der Waals surface area contributed by atoms with Gasteiger partial charge in [-0.25, -0.2) is 9.18 Å². The van der Waals surface area contributed by atoms with Gasteiger partial charge in [0, 0.05) is 5.56 Å². The van der Waals surface area contributed by atoms with Gasteiger partial charge >= 0.3 is 5.97 Å². The monoisotopic (exact) mass is 410 g/mol. The van der Waals surface area contributed by atoms with Crippen molar-refractivity contribution < 1.29 is 28.2 Å². The van der Waals surface area contributed by atoms with Crippen LogP contribution in [0, 0.1) is 5.82 Å². The molecule has 0 spiro atoms. The first-order valence-corrected chi connectivity index (χ1v) is 8.09. The van der Waals surface area contributed by atoms with Crippen molar-refractivity contribution in [2.45, 2.75) is 13.0 Å². The van der Waals surface area contributed by atoms with Gasteiger partial charge in [-0.2, -0.15) is 0 Å². The van der Waals surface area contributed by atoms with Crippen LogP contribution < -0.4 is 9.47 Å². The summed E-state index contributed by atoms with van der Waals surface area (Å²) in [4.78, 5) is 24.6. The molecule has 0 saturated heterocycles. The zero-order chi connectivity index (χ0) is 18.6. The van der Waals surface area contributed by atoms with Crippen LogP contribution in [0.1, 0.15) is 27.6 Å². The Morgan fingerprint density at radius 3 is 2.00 bits per heavy atom. The summed E-state index contributed by atoms with van der Waals surface area (Å²) in [5.41, 5.74) is 0.434. The number of ketones is 1. The lowest BCUT2D eigenvalue weighted by molar-refractivity contribution is 0.0318. The maximum Gasteiger partial charge on any atom is 0.339 e. The van der Waals surface area contributed by atoms with E-state index in [1.165, 1.54) is 57.5 Å². The predicted octanol–water partition coefficient (Wildman–Crippen LogP) is 4.03. The molecule has 2 aromatic rings. The number of halogens is 2. The number of Topliss-reactive ketones (excluding diaryl/α,β-unsaturated/α-hetero) is 1. The Morgan fingerprint density at radius 2 is 1.52 bits per heavy atom. The number of carbonyl (C=O) groups excluding carboxylic acids is 2. The topological polar surface area (TPSA) is 61.8 Å². The molecule has 2 aromatic carbocycles. The van der Waals surface area contributed by atoms with E-state index in [2.05, 4.69) is 15.9 Å². The maximum absolute atomic E-state index is 12.9. The van der Waals surface area contributed by atoms with Crippen LogP contribution in [-0.2, 0) is 4.74 Å². The Kier molecular flexibility index (Phi) is 6.14. The van der Waals surface area contributed by atoms with Gasteiger partial charge in [-0.3, -0.25) is 4.79 Å². The first kappa shape index (κ1) is 18.9. The zero-order valence-electron chi connectivity index (χ0n) is 13.8. The fourth-order valence-corrected chi connectivity index (χ4v) is 2.67. The first-order chi connectivity index (χ1) is 11.9. The SMILES string of the molecule is COc1cc(C(=O)O[C@@H](C)C(=O)c2ccc(F)cc2)cc(OC)c1Br. The third kappa shape index (κ3) is 4.36. The molecule has 25 heavy (non-hydrogen) atoms. The molecule has 0 aliphatic heterocycles. The summed E-state index contributed by atoms with van der Waals surface area (Å²) in [5, 5.41) is 0. The maximum atomic E-state index is 12.9. The quantitative estimate of drug-likeness (QED) is 0.531. The molecule has 132 valence electrons. The minimum absolute atomic E-state index is 0.177. The largest absolute Gasteiger partial charge is 0.495 e. The van der Waals surface area contributed by atoms with Gasteiger partial charge in [0.15, 0.2) is 6.10 Å². The summed E-state index contributed by atoms with van der Waals surface area (Å²) >= 11 is 3.31. The van der Waals surface area contributed by atoms with Gasteiger partial charge in [0.2, 0.25) is 5.78 Å². The highest BCUT2D eigenvalue weighted by Gasteiger charge is 2.22. The summed E-state index contributed by atoms with van der Waals surface area (Å²) in [6.07, 6.45) is -1.03. The number of ether oxygens (including phenoxy) is 3. The molecule has 0 heterocycles. The molecule has 0 N–H and O–H groups in total. The molecule has 5 nitrogen and oxygen atoms in total. The third-order valence-corrected chi connectivity index (χ3v) is 4.24. The van der Waals surface area contributed by atoms with Crippen molar-refractivity contribution in [1.82, 2.24) is 0 Å². The molecule has 2 rings (SSSR count). The molecule has 0 radical (unpaired) electrons. The van der Waals surface area contributed by atoms with Crippen LogP contribution in [0.25, 0.3) is 0 Å². The Balaban J connectivity index is 2.18. The summed E-state index contributed by atoms with van der Waals surface area (Å²) in [7, 11) is 2.91. The fourth-order valence-electron chi connectivity index (χ4n) is 2.12. The number of hydrogen-bond acceptors (Lipinski definition) is 5. The van der Waals surface area contributed by atoms with Gasteiger partial charge in [0.25, 0.3) is 0 Å². The van der Waals surface area contributed by atoms with E-state index in [4.69, 9.17) is 14.2 Å². The standard InChI is InChI=1S/C18H16BrFO5/c1-10(17(21)11-4-6-13(20)7-5-11)25-18(22)12-8-14(23-2)16(19)15(9-12)24-3/h4-10H,1-3H3/t10-/m0/s1. The molecule has 0 aromatic heterocycles. The smallest absolute Gasteiger partial charge is 0.339 e. The van der Waals surface area contributed by atoms with Crippen LogP contribution in [0.3, 0.4) is 0 Å². The van der Waals surface area contributed by atoms with E-state index in [9.17, 15) is 14.0 Å². The van der Waals surface area contributed by atoms with Crippen molar-refractivity contribution in [2.24, 2.45) is 0 Å². The Labute approximate surface area is 152 Å². The van der Waals surface area contributed by atoms with E-state index < -0.39 is 23.7 Å². The van der Waals surface area contributed by atoms with Crippen molar-refractivity contribution in [3.05, 3.63) is 57.8 Å². The van der Waals surface area contributed by atoms with E-state index in [1.807, 2.05) is 0 Å². The Hall–Kier alpha value is -2.41. The zero-order valence-corrected chi connectivity index (χ0v) is 15.4. The molecule has 0 aliphatic rings. The van der Waals surface area contributed by atoms with E-state index in [-0.39, 0.29) is 11.1 Å². The Bertz CT molecular complexity index is 764. The van der Waals surface area contributed by atoms with Crippen molar-refractivity contribution in [2.75, 3.05) is 14.2 Å². The molecule has 7 heteroatoms. The molecule has 0 bridgehead atoms. The minimum Gasteiger partial charge on any atom is -0.495 e. The number of benzene rings is 2. The molecule has 0 fully saturated rings. The second-order valence-electron chi connectivity index (χ2n) is 5.11. The van der Waals surface area contributed by atoms with Crippen LogP contribution >= 0.6 is 15.9 Å². The highest BCUT2D eigenvalue weighted by molar-refractivity contribution is 9.10. The third-order valence-electron chi connectivity index (χ3n) is 3.46. The highest BCUT2D eigenvalue weighted by atomic mass is 79.9. The fraction of sp³-hybridized carbons (Fsp3) is 0.222. The number of hydrogen-bond donors (Lipinski definition) is 0. The van der Waals surface area contributed by atoms with Gasteiger partial charge in [0.1, 0.15) is 21.8 Å². The lowest BCUT2D eigenvalue weighted by Gasteiger charge is -2.14. The summed E-state index contributed by atoms with van der Waals surface area (Å²) < 4.78 is 29.1. The van der Waals surface area contributed by atoms with E-state index in [0.29, 0.717) is 16.0 Å². The lowest BCUT2D eigenvalue weighted by atomic mass is 10.1. The highest BCUT2D eigenvalue weighted by Crippen LogP contribution is 2.35. The minimum atomic E-state index is -1.03. The molecule has 0 saturated carbocycles. The second-order valence-corrected chi connectivity index (χ2v) is 5.91. The second kappa shape index (κ2) is 8.11. The van der Waals surface area contributed by atoms with Gasteiger partial charge in [-0.05, 0) is 59.3 Å². The first-order valence-electron chi connectivity index (χ1n) is 7.29. The molecule has 1 atom stereocenters.